The van der Waals surface area contributed by atoms with Gasteiger partial charge >= 0.3 is 0 Å². The molecule has 0 heterocycles. The van der Waals surface area contributed by atoms with E-state index >= 15 is 0 Å². The van der Waals surface area contributed by atoms with Crippen molar-refractivity contribution < 1.29 is 0 Å². The van der Waals surface area contributed by atoms with E-state index in [-0.39, 0.29) is 0 Å². The van der Waals surface area contributed by atoms with Crippen LogP contribution in [0.2, 0.25) is 5.02 Å². The lowest BCUT2D eigenvalue weighted by Crippen LogP contribution is -2.15. The molecule has 66 valence electrons. The Labute approximate surface area is 83.5 Å². The highest BCUT2D eigenvalue weighted by Crippen LogP contribution is 2.13. The molecule has 0 amide bonds. The average molecular weight is 202 g/mol. The Morgan fingerprint density at radius 1 is 1.33 bits per heavy atom. The lowest BCUT2D eigenvalue weighted by Gasteiger charge is -2.04. The number of nitrogens with one attached hydrogen (secondary N) is 1. The highest BCUT2D eigenvalue weighted by Gasteiger charge is 1.96. The lowest BCUT2D eigenvalue weighted by molar-refractivity contribution is 0.733. The maximum absolute atomic E-state index is 5.94. The molecule has 1 nitrogen and oxygen atoms in total. The highest BCUT2D eigenvalue weighted by molar-refractivity contribution is 7.80. The maximum atomic E-state index is 5.94. The predicted molar refractivity (Wildman–Crippen MR) is 57.0 cm³/mol. The molecule has 1 rings (SSSR count). The van der Waals surface area contributed by atoms with Gasteiger partial charge in [0, 0.05) is 23.9 Å². The monoisotopic (exact) mass is 201 g/mol. The Hall–Kier alpha value is -0.180. The summed E-state index contributed by atoms with van der Waals surface area (Å²) in [4.78, 5) is 0. The average Bonchev–Trinajstić information content (AvgIpc) is 2.09. The normalized spacial score (nSPS) is 10.2. The first kappa shape index (κ1) is 9.90. The summed E-state index contributed by atoms with van der Waals surface area (Å²) in [5.74, 6) is 0.852. The summed E-state index contributed by atoms with van der Waals surface area (Å²) in [6, 6.07) is 7.85. The predicted octanol–water partition coefficient (Wildman–Crippen LogP) is 2.36. The van der Waals surface area contributed by atoms with Crippen LogP contribution in [0.5, 0.6) is 0 Å². The number of thiol groups is 1. The van der Waals surface area contributed by atoms with Crippen molar-refractivity contribution in [3.8, 4) is 0 Å². The van der Waals surface area contributed by atoms with Crippen LogP contribution in [-0.4, -0.2) is 12.3 Å². The first-order valence-electron chi connectivity index (χ1n) is 3.89. The molecule has 12 heavy (non-hydrogen) atoms. The van der Waals surface area contributed by atoms with Crippen molar-refractivity contribution in [1.29, 1.82) is 0 Å². The van der Waals surface area contributed by atoms with Crippen LogP contribution in [0.4, 0.5) is 0 Å². The standard InChI is InChI=1S/C9H12ClNS/c10-9-4-2-1-3-8(9)7-11-5-6-12/h1-4,11-12H,5-7H2. The summed E-state index contributed by atoms with van der Waals surface area (Å²) in [7, 11) is 0. The van der Waals surface area contributed by atoms with E-state index in [1.165, 1.54) is 0 Å². The number of benzene rings is 1. The molecular formula is C9H12ClNS. The maximum Gasteiger partial charge on any atom is 0.0450 e. The quantitative estimate of drug-likeness (QED) is 0.563. The van der Waals surface area contributed by atoms with E-state index in [9.17, 15) is 0 Å². The fourth-order valence-corrected chi connectivity index (χ4v) is 1.30. The molecule has 0 saturated carbocycles. The molecule has 0 atom stereocenters. The molecule has 0 aliphatic rings. The summed E-state index contributed by atoms with van der Waals surface area (Å²) in [6.07, 6.45) is 0. The second-order valence-corrected chi connectivity index (χ2v) is 3.35. The van der Waals surface area contributed by atoms with Crippen molar-refractivity contribution in [2.45, 2.75) is 6.54 Å². The largest absolute Gasteiger partial charge is 0.312 e. The van der Waals surface area contributed by atoms with E-state index in [0.717, 1.165) is 29.4 Å². The fourth-order valence-electron chi connectivity index (χ4n) is 0.944. The third-order valence-electron chi connectivity index (χ3n) is 1.56. The minimum atomic E-state index is 0.820. The van der Waals surface area contributed by atoms with Crippen LogP contribution in [-0.2, 0) is 6.54 Å². The molecule has 0 unspecified atom stereocenters. The highest BCUT2D eigenvalue weighted by atomic mass is 35.5. The molecule has 1 N–H and O–H groups in total. The van der Waals surface area contributed by atoms with E-state index in [0.29, 0.717) is 0 Å². The van der Waals surface area contributed by atoms with Crippen molar-refractivity contribution in [3.05, 3.63) is 34.9 Å². The molecule has 0 fully saturated rings. The third kappa shape index (κ3) is 3.05. The van der Waals surface area contributed by atoms with Gasteiger partial charge in [0.1, 0.15) is 0 Å². The van der Waals surface area contributed by atoms with Crippen LogP contribution in [0.3, 0.4) is 0 Å². The van der Waals surface area contributed by atoms with Crippen molar-refractivity contribution in [2.24, 2.45) is 0 Å². The van der Waals surface area contributed by atoms with Crippen LogP contribution in [0.25, 0.3) is 0 Å². The molecule has 1 aromatic carbocycles. The zero-order valence-corrected chi connectivity index (χ0v) is 8.41. The van der Waals surface area contributed by atoms with E-state index in [1.807, 2.05) is 24.3 Å². The smallest absolute Gasteiger partial charge is 0.0450 e. The van der Waals surface area contributed by atoms with Crippen molar-refractivity contribution in [2.75, 3.05) is 12.3 Å². The van der Waals surface area contributed by atoms with Gasteiger partial charge in [-0.2, -0.15) is 12.6 Å². The van der Waals surface area contributed by atoms with Gasteiger partial charge in [-0.3, -0.25) is 0 Å². The number of halogens is 1. The summed E-state index contributed by atoms with van der Waals surface area (Å²) >= 11 is 10.0. The number of rotatable bonds is 4. The van der Waals surface area contributed by atoms with Gasteiger partial charge in [0.15, 0.2) is 0 Å². The minimum absolute atomic E-state index is 0.820. The van der Waals surface area contributed by atoms with E-state index < -0.39 is 0 Å². The van der Waals surface area contributed by atoms with Crippen LogP contribution < -0.4 is 5.32 Å². The SMILES string of the molecule is SCCNCc1ccccc1Cl. The van der Waals surface area contributed by atoms with Gasteiger partial charge in [-0.15, -0.1) is 0 Å². The third-order valence-corrected chi connectivity index (χ3v) is 2.15. The minimum Gasteiger partial charge on any atom is -0.312 e. The van der Waals surface area contributed by atoms with Gasteiger partial charge in [-0.05, 0) is 11.6 Å². The molecule has 0 aromatic heterocycles. The second-order valence-electron chi connectivity index (χ2n) is 2.49. The lowest BCUT2D eigenvalue weighted by atomic mass is 10.2. The molecule has 0 bridgehead atoms. The van der Waals surface area contributed by atoms with E-state index in [1.54, 1.807) is 0 Å². The van der Waals surface area contributed by atoms with Crippen LogP contribution >= 0.6 is 24.2 Å². The number of hydrogen-bond donors (Lipinski definition) is 2. The zero-order chi connectivity index (χ0) is 8.81. The Balaban J connectivity index is 2.46. The molecule has 0 saturated heterocycles. The molecule has 1 aromatic rings. The molecular weight excluding hydrogens is 190 g/mol. The first-order valence-corrected chi connectivity index (χ1v) is 4.90. The fraction of sp³-hybridized carbons (Fsp3) is 0.333. The van der Waals surface area contributed by atoms with E-state index in [4.69, 9.17) is 11.6 Å². The molecule has 3 heteroatoms. The molecule has 0 aliphatic heterocycles. The zero-order valence-electron chi connectivity index (χ0n) is 6.76. The van der Waals surface area contributed by atoms with Crippen molar-refractivity contribution in [3.63, 3.8) is 0 Å². The van der Waals surface area contributed by atoms with Crippen LogP contribution in [0.15, 0.2) is 24.3 Å². The summed E-state index contributed by atoms with van der Waals surface area (Å²) in [5, 5.41) is 4.05. The Morgan fingerprint density at radius 2 is 2.08 bits per heavy atom. The van der Waals surface area contributed by atoms with Gasteiger partial charge in [0.25, 0.3) is 0 Å². The summed E-state index contributed by atoms with van der Waals surface area (Å²) in [5.41, 5.74) is 1.14. The first-order chi connectivity index (χ1) is 5.84. The topological polar surface area (TPSA) is 12.0 Å². The Morgan fingerprint density at radius 3 is 2.75 bits per heavy atom. The second kappa shape index (κ2) is 5.46. The van der Waals surface area contributed by atoms with E-state index in [2.05, 4.69) is 17.9 Å². The molecule has 0 spiro atoms. The van der Waals surface area contributed by atoms with Gasteiger partial charge in [-0.25, -0.2) is 0 Å². The van der Waals surface area contributed by atoms with Crippen LogP contribution in [0, 0.1) is 0 Å². The molecule has 0 radical (unpaired) electrons. The van der Waals surface area contributed by atoms with Crippen LogP contribution in [0.1, 0.15) is 5.56 Å². The van der Waals surface area contributed by atoms with Gasteiger partial charge in [0.2, 0.25) is 0 Å². The Kier molecular flexibility index (Phi) is 4.51. The Bertz CT molecular complexity index is 240. The van der Waals surface area contributed by atoms with Gasteiger partial charge < -0.3 is 5.32 Å². The number of hydrogen-bond acceptors (Lipinski definition) is 2. The molecule has 0 aliphatic carbocycles. The van der Waals surface area contributed by atoms with Crippen molar-refractivity contribution in [1.82, 2.24) is 5.32 Å². The summed E-state index contributed by atoms with van der Waals surface area (Å²) in [6.45, 7) is 1.73. The summed E-state index contributed by atoms with van der Waals surface area (Å²) < 4.78 is 0. The van der Waals surface area contributed by atoms with Gasteiger partial charge in [0.05, 0.1) is 0 Å². The van der Waals surface area contributed by atoms with Gasteiger partial charge in [-0.1, -0.05) is 29.8 Å². The van der Waals surface area contributed by atoms with Crippen molar-refractivity contribution >= 4 is 24.2 Å².